The summed E-state index contributed by atoms with van der Waals surface area (Å²) in [5, 5.41) is 14.0. The minimum absolute atomic E-state index is 0.274. The highest BCUT2D eigenvalue weighted by Crippen LogP contribution is 2.14. The Bertz CT molecular complexity index is 558. The fourth-order valence-electron chi connectivity index (χ4n) is 1.72. The standard InChI is InChI=1S/C14H19FN6/c1-21(2)9-3-8-16-14-19-13(10-17-20-14)18-12-6-4-11(15)5-7-12/h4-7,10H,3,8-9H2,1-2H3,(H2,16,18,19,20). The summed E-state index contributed by atoms with van der Waals surface area (Å²) in [5.74, 6) is 0.761. The fraction of sp³-hybridized carbons (Fsp3) is 0.357. The van der Waals surface area contributed by atoms with Crippen molar-refractivity contribution in [1.29, 1.82) is 0 Å². The number of hydrogen-bond donors (Lipinski definition) is 2. The number of hydrogen-bond acceptors (Lipinski definition) is 6. The molecule has 1 heterocycles. The van der Waals surface area contributed by atoms with Gasteiger partial charge in [0.2, 0.25) is 5.95 Å². The molecular weight excluding hydrogens is 271 g/mol. The molecule has 2 rings (SSSR count). The summed E-state index contributed by atoms with van der Waals surface area (Å²) >= 11 is 0. The van der Waals surface area contributed by atoms with Gasteiger partial charge < -0.3 is 15.5 Å². The molecule has 112 valence electrons. The minimum atomic E-state index is -0.274. The van der Waals surface area contributed by atoms with Crippen LogP contribution < -0.4 is 10.6 Å². The Morgan fingerprint density at radius 3 is 2.67 bits per heavy atom. The molecule has 0 aliphatic heterocycles. The van der Waals surface area contributed by atoms with Gasteiger partial charge in [0.15, 0.2) is 5.82 Å². The van der Waals surface area contributed by atoms with Crippen LogP contribution in [0.15, 0.2) is 30.5 Å². The minimum Gasteiger partial charge on any atom is -0.353 e. The van der Waals surface area contributed by atoms with E-state index >= 15 is 0 Å². The van der Waals surface area contributed by atoms with E-state index in [0.29, 0.717) is 11.8 Å². The molecule has 0 unspecified atom stereocenters. The summed E-state index contributed by atoms with van der Waals surface area (Å²) in [6.07, 6.45) is 2.51. The van der Waals surface area contributed by atoms with Gasteiger partial charge in [-0.05, 0) is 51.3 Å². The van der Waals surface area contributed by atoms with E-state index in [2.05, 4.69) is 30.7 Å². The number of nitrogens with zero attached hydrogens (tertiary/aromatic N) is 4. The van der Waals surface area contributed by atoms with Crippen molar-refractivity contribution in [3.05, 3.63) is 36.3 Å². The summed E-state index contributed by atoms with van der Waals surface area (Å²) in [5.41, 5.74) is 0.746. The van der Waals surface area contributed by atoms with Gasteiger partial charge in [-0.3, -0.25) is 0 Å². The van der Waals surface area contributed by atoms with Crippen molar-refractivity contribution >= 4 is 17.5 Å². The highest BCUT2D eigenvalue weighted by molar-refractivity contribution is 5.55. The second kappa shape index (κ2) is 7.49. The summed E-state index contributed by atoms with van der Waals surface area (Å²) in [4.78, 5) is 6.42. The summed E-state index contributed by atoms with van der Waals surface area (Å²) in [6, 6.07) is 6.05. The first-order valence-electron chi connectivity index (χ1n) is 6.74. The number of aromatic nitrogens is 3. The van der Waals surface area contributed by atoms with Crippen LogP contribution in [0.1, 0.15) is 6.42 Å². The van der Waals surface area contributed by atoms with Crippen molar-refractivity contribution in [2.24, 2.45) is 0 Å². The first-order valence-corrected chi connectivity index (χ1v) is 6.74. The first kappa shape index (κ1) is 15.1. The van der Waals surface area contributed by atoms with Gasteiger partial charge in [0.25, 0.3) is 0 Å². The second-order valence-corrected chi connectivity index (χ2v) is 4.88. The Hall–Kier alpha value is -2.28. The highest BCUT2D eigenvalue weighted by atomic mass is 19.1. The SMILES string of the molecule is CN(C)CCCNc1nncc(Nc2ccc(F)cc2)n1. The Balaban J connectivity index is 1.89. The zero-order valence-corrected chi connectivity index (χ0v) is 12.2. The predicted molar refractivity (Wildman–Crippen MR) is 81.2 cm³/mol. The van der Waals surface area contributed by atoms with Crippen LogP contribution in [-0.2, 0) is 0 Å². The van der Waals surface area contributed by atoms with E-state index in [-0.39, 0.29) is 5.82 Å². The van der Waals surface area contributed by atoms with E-state index in [4.69, 9.17) is 0 Å². The quantitative estimate of drug-likeness (QED) is 0.761. The zero-order valence-electron chi connectivity index (χ0n) is 12.2. The molecule has 0 radical (unpaired) electrons. The summed E-state index contributed by atoms with van der Waals surface area (Å²) in [6.45, 7) is 1.77. The molecule has 0 atom stereocenters. The lowest BCUT2D eigenvalue weighted by Crippen LogP contribution is -2.17. The molecule has 0 spiro atoms. The van der Waals surface area contributed by atoms with Crippen LogP contribution in [0.25, 0.3) is 0 Å². The number of benzene rings is 1. The van der Waals surface area contributed by atoms with Crippen LogP contribution >= 0.6 is 0 Å². The first-order chi connectivity index (χ1) is 10.1. The fourth-order valence-corrected chi connectivity index (χ4v) is 1.72. The van der Waals surface area contributed by atoms with Gasteiger partial charge in [0.05, 0.1) is 6.20 Å². The van der Waals surface area contributed by atoms with Crippen molar-refractivity contribution in [3.63, 3.8) is 0 Å². The number of rotatable bonds is 7. The number of nitrogens with one attached hydrogen (secondary N) is 2. The van der Waals surface area contributed by atoms with Gasteiger partial charge in [-0.25, -0.2) is 4.39 Å². The van der Waals surface area contributed by atoms with Crippen molar-refractivity contribution in [2.45, 2.75) is 6.42 Å². The Morgan fingerprint density at radius 1 is 1.19 bits per heavy atom. The van der Waals surface area contributed by atoms with E-state index in [0.717, 1.165) is 25.2 Å². The third-order valence-electron chi connectivity index (χ3n) is 2.74. The Kier molecular flexibility index (Phi) is 5.39. The molecular formula is C14H19FN6. The van der Waals surface area contributed by atoms with E-state index in [1.54, 1.807) is 12.1 Å². The lowest BCUT2D eigenvalue weighted by atomic mass is 10.3. The van der Waals surface area contributed by atoms with Gasteiger partial charge in [-0.15, -0.1) is 5.10 Å². The monoisotopic (exact) mass is 290 g/mol. The van der Waals surface area contributed by atoms with Crippen molar-refractivity contribution in [1.82, 2.24) is 20.1 Å². The topological polar surface area (TPSA) is 66.0 Å². The van der Waals surface area contributed by atoms with E-state index < -0.39 is 0 Å². The molecule has 21 heavy (non-hydrogen) atoms. The molecule has 7 heteroatoms. The lowest BCUT2D eigenvalue weighted by molar-refractivity contribution is 0.405. The van der Waals surface area contributed by atoms with Crippen LogP contribution in [0.2, 0.25) is 0 Å². The third kappa shape index (κ3) is 5.31. The maximum atomic E-state index is 12.8. The van der Waals surface area contributed by atoms with Crippen LogP contribution in [0.4, 0.5) is 21.8 Å². The van der Waals surface area contributed by atoms with Gasteiger partial charge in [-0.1, -0.05) is 0 Å². The van der Waals surface area contributed by atoms with Crippen LogP contribution in [0.3, 0.4) is 0 Å². The maximum Gasteiger partial charge on any atom is 0.244 e. The molecule has 0 aliphatic rings. The molecule has 2 aromatic rings. The molecule has 0 saturated carbocycles. The molecule has 0 fully saturated rings. The number of halogens is 1. The van der Waals surface area contributed by atoms with Crippen LogP contribution in [0, 0.1) is 5.82 Å². The average Bonchev–Trinajstić information content (AvgIpc) is 2.46. The van der Waals surface area contributed by atoms with Gasteiger partial charge >= 0.3 is 0 Å². The summed E-state index contributed by atoms with van der Waals surface area (Å²) < 4.78 is 12.8. The Morgan fingerprint density at radius 2 is 1.95 bits per heavy atom. The average molecular weight is 290 g/mol. The van der Waals surface area contributed by atoms with Crippen LogP contribution in [-0.4, -0.2) is 47.3 Å². The van der Waals surface area contributed by atoms with Crippen molar-refractivity contribution in [3.8, 4) is 0 Å². The van der Waals surface area contributed by atoms with Gasteiger partial charge in [0, 0.05) is 12.2 Å². The number of anilines is 3. The molecule has 0 aliphatic carbocycles. The molecule has 1 aromatic carbocycles. The molecule has 1 aromatic heterocycles. The van der Waals surface area contributed by atoms with E-state index in [1.807, 2.05) is 14.1 Å². The van der Waals surface area contributed by atoms with Crippen molar-refractivity contribution < 1.29 is 4.39 Å². The predicted octanol–water partition coefficient (Wildman–Crippen LogP) is 2.12. The molecule has 0 amide bonds. The second-order valence-electron chi connectivity index (χ2n) is 4.88. The molecule has 2 N–H and O–H groups in total. The van der Waals surface area contributed by atoms with Crippen molar-refractivity contribution in [2.75, 3.05) is 37.8 Å². The van der Waals surface area contributed by atoms with Gasteiger partial charge in [-0.2, -0.15) is 10.1 Å². The Labute approximate surface area is 123 Å². The molecule has 0 bridgehead atoms. The third-order valence-corrected chi connectivity index (χ3v) is 2.74. The van der Waals surface area contributed by atoms with Crippen LogP contribution in [0.5, 0.6) is 0 Å². The zero-order chi connectivity index (χ0) is 15.1. The summed E-state index contributed by atoms with van der Waals surface area (Å²) in [7, 11) is 4.07. The largest absolute Gasteiger partial charge is 0.353 e. The molecule has 6 nitrogen and oxygen atoms in total. The highest BCUT2D eigenvalue weighted by Gasteiger charge is 2.01. The molecule has 0 saturated heterocycles. The smallest absolute Gasteiger partial charge is 0.244 e. The van der Waals surface area contributed by atoms with Gasteiger partial charge in [0.1, 0.15) is 5.82 Å². The maximum absolute atomic E-state index is 12.8. The normalized spacial score (nSPS) is 10.7. The van der Waals surface area contributed by atoms with E-state index in [1.165, 1.54) is 18.3 Å². The van der Waals surface area contributed by atoms with E-state index in [9.17, 15) is 4.39 Å². The lowest BCUT2D eigenvalue weighted by Gasteiger charge is -2.10.